The summed E-state index contributed by atoms with van der Waals surface area (Å²) in [6.07, 6.45) is 21.1. The molecule has 138 heavy (non-hydrogen) atoms. The van der Waals surface area contributed by atoms with Crippen molar-refractivity contribution in [2.45, 2.75) is 231 Å². The molecule has 0 saturated heterocycles. The molecule has 24 nitrogen and oxygen atoms in total. The Kier molecular flexibility index (Phi) is 28.2. The number of benzene rings is 6. The third-order valence-corrected chi connectivity index (χ3v) is 33.1. The summed E-state index contributed by atoms with van der Waals surface area (Å²) in [5, 5.41) is 64.9. The second-order valence-electron chi connectivity index (χ2n) is 38.0. The number of aromatic carboxylic acids is 3. The molecular formula is C108H120Cl3N15O9S3. The highest BCUT2D eigenvalue weighted by Gasteiger charge is 2.34. The van der Waals surface area contributed by atoms with E-state index in [1.165, 1.54) is 106 Å². The standard InChI is InChI=1S/3C36H40ClN5O3S/c3*1-21-32-30-13-12-28(37)34(32)33-22(2)40(3)39-29(33)20-46-19-25-18-26(41(4)38-25)11-10-23-16-24-8-5-6-9-27(24)31(17-23)45-15-7-14-42(30)35(21)36(43)44/h3*12-13,16-18H,5-11,14-15,19-20H2,1-4H3,(H,43,44). The van der Waals surface area contributed by atoms with E-state index >= 15 is 0 Å². The van der Waals surface area contributed by atoms with Gasteiger partial charge in [0.2, 0.25) is 0 Å². The number of carboxylic acid groups (broad SMARTS) is 3. The largest absolute Gasteiger partial charge is 0.493 e. The van der Waals surface area contributed by atoms with E-state index in [-0.39, 0.29) is 0 Å². The minimum atomic E-state index is -0.943. The highest BCUT2D eigenvalue weighted by Crippen LogP contribution is 2.49. The van der Waals surface area contributed by atoms with Gasteiger partial charge in [-0.05, 0) is 316 Å². The Hall–Kier alpha value is -11.1. The molecule has 720 valence electrons. The van der Waals surface area contributed by atoms with Gasteiger partial charge in [0, 0.05) is 212 Å². The van der Waals surface area contributed by atoms with Gasteiger partial charge in [-0.15, -0.1) is 35.3 Å². The molecule has 3 aliphatic heterocycles. The van der Waals surface area contributed by atoms with Crippen LogP contribution in [0.2, 0.25) is 15.1 Å². The lowest BCUT2D eigenvalue weighted by atomic mass is 9.88. The van der Waals surface area contributed by atoms with Crippen LogP contribution in [-0.2, 0) is 173 Å². The van der Waals surface area contributed by atoms with Gasteiger partial charge in [0.05, 0.1) is 54.0 Å². The molecule has 3 N–H and O–H groups in total. The lowest BCUT2D eigenvalue weighted by molar-refractivity contribution is 0.0673. The highest BCUT2D eigenvalue weighted by molar-refractivity contribution is 7.98. The van der Waals surface area contributed by atoms with Crippen LogP contribution in [0.25, 0.3) is 66.1 Å². The first-order valence-corrected chi connectivity index (χ1v) is 53.1. The van der Waals surface area contributed by atoms with Crippen LogP contribution in [0.5, 0.6) is 17.2 Å². The molecule has 0 fully saturated rings. The summed E-state index contributed by atoms with van der Waals surface area (Å²) in [5.41, 5.74) is 35.8. The SMILES string of the molecule is Cc1c(C(=O)O)n2c3ccc(Cl)c(c13)-c1c(nn(C)c1C)CSCc1cc(n(C)n1)CCc1cc3c(c(c1)OCCC2)CCCC3.Cc1c(C(=O)O)n2c3ccc(Cl)c(c13)-c1c(nn(C)c1C)CSCc1cc(n(C)n1)CCc1cc3c(c(c1)OCCC2)CCCC3.Cc1c(C(=O)O)n2c3ccc(Cl)c(c13)-c1c(nn(C)c1C)CSCc1cc(n(C)n1)CCc1cc3c(c(c1)OCCC2)CCCC3. The molecule has 21 rings (SSSR count). The van der Waals surface area contributed by atoms with Gasteiger partial charge in [0.1, 0.15) is 34.3 Å². The Morgan fingerprint density at radius 3 is 0.870 bits per heavy atom. The number of thioether (sulfide) groups is 3. The number of fused-ring (bicyclic) bond motifs is 24. The van der Waals surface area contributed by atoms with Gasteiger partial charge in [-0.25, -0.2) is 14.4 Å². The number of aromatic nitrogens is 15. The number of hydrogen-bond donors (Lipinski definition) is 3. The number of hydrogen-bond acceptors (Lipinski definition) is 15. The van der Waals surface area contributed by atoms with Gasteiger partial charge >= 0.3 is 17.9 Å². The van der Waals surface area contributed by atoms with Gasteiger partial charge in [-0.2, -0.15) is 30.6 Å². The summed E-state index contributed by atoms with van der Waals surface area (Å²) >= 11 is 26.3. The van der Waals surface area contributed by atoms with Crippen LogP contribution in [0, 0.1) is 41.5 Å². The molecule has 0 unspecified atom stereocenters. The highest BCUT2D eigenvalue weighted by atomic mass is 35.5. The second-order valence-corrected chi connectivity index (χ2v) is 42.2. The van der Waals surface area contributed by atoms with Crippen LogP contribution in [0.3, 0.4) is 0 Å². The molecule has 6 aromatic carbocycles. The Labute approximate surface area is 832 Å². The normalized spacial score (nSPS) is 15.7. The van der Waals surface area contributed by atoms with Crippen molar-refractivity contribution in [3.63, 3.8) is 0 Å². The number of carbonyl (C=O) groups is 3. The lowest BCUT2D eigenvalue weighted by Gasteiger charge is -2.21. The molecule has 0 amide bonds. The van der Waals surface area contributed by atoms with Crippen LogP contribution >= 0.6 is 70.1 Å². The minimum Gasteiger partial charge on any atom is -0.493 e. The van der Waals surface area contributed by atoms with Crippen molar-refractivity contribution in [2.75, 3.05) is 19.8 Å². The molecule has 15 aromatic rings. The third-order valence-electron chi connectivity index (χ3n) is 29.2. The summed E-state index contributed by atoms with van der Waals surface area (Å²) < 4.78 is 37.1. The second kappa shape index (κ2) is 40.6. The van der Waals surface area contributed by atoms with E-state index in [0.29, 0.717) is 125 Å². The molecule has 0 saturated carbocycles. The quantitative estimate of drug-likeness (QED) is 0.148. The number of nitrogens with zero attached hydrogens (tertiary/aromatic N) is 15. The number of halogens is 3. The zero-order valence-corrected chi connectivity index (χ0v) is 85.6. The van der Waals surface area contributed by atoms with Crippen molar-refractivity contribution in [3.8, 4) is 50.6 Å². The van der Waals surface area contributed by atoms with Gasteiger partial charge < -0.3 is 43.2 Å². The van der Waals surface area contributed by atoms with Gasteiger partial charge in [0.25, 0.3) is 0 Å². The van der Waals surface area contributed by atoms with Crippen LogP contribution in [-0.4, -0.2) is 125 Å². The lowest BCUT2D eigenvalue weighted by Crippen LogP contribution is -2.13. The number of carboxylic acids is 3. The van der Waals surface area contributed by atoms with Crippen molar-refractivity contribution < 1.29 is 43.9 Å². The van der Waals surface area contributed by atoms with Gasteiger partial charge in [-0.3, -0.25) is 28.1 Å². The van der Waals surface area contributed by atoms with E-state index in [2.05, 4.69) is 54.6 Å². The Balaban J connectivity index is 0.000000132. The van der Waals surface area contributed by atoms with Crippen molar-refractivity contribution >= 4 is 121 Å². The molecule has 9 aromatic heterocycles. The summed E-state index contributed by atoms with van der Waals surface area (Å²) in [5.74, 6) is 4.44. The van der Waals surface area contributed by atoms with E-state index < -0.39 is 17.9 Å². The molecule has 3 aliphatic carbocycles. The Bertz CT molecular complexity index is 6640. The first-order valence-electron chi connectivity index (χ1n) is 48.5. The maximum Gasteiger partial charge on any atom is 0.352 e. The molecule has 0 radical (unpaired) electrons. The first kappa shape index (κ1) is 95.8. The first-order chi connectivity index (χ1) is 66.6. The molecule has 0 atom stereocenters. The predicted octanol–water partition coefficient (Wildman–Crippen LogP) is 22.9. The molecule has 30 heteroatoms. The number of rotatable bonds is 3. The van der Waals surface area contributed by atoms with Crippen LogP contribution in [0.1, 0.15) is 224 Å². The smallest absolute Gasteiger partial charge is 0.352 e. The summed E-state index contributed by atoms with van der Waals surface area (Å²) in [6, 6.07) is 32.1. The van der Waals surface area contributed by atoms with Crippen molar-refractivity contribution in [3.05, 3.63) is 258 Å². The van der Waals surface area contributed by atoms with E-state index in [0.717, 1.165) is 229 Å². The Morgan fingerprint density at radius 1 is 0.319 bits per heavy atom. The number of ether oxygens (including phenoxy) is 3. The fraction of sp³-hybridized carbons (Fsp3) is 0.417. The summed E-state index contributed by atoms with van der Waals surface area (Å²) in [4.78, 5) is 38.2. The van der Waals surface area contributed by atoms with Crippen molar-refractivity contribution in [1.29, 1.82) is 0 Å². The van der Waals surface area contributed by atoms with Crippen LogP contribution < -0.4 is 14.2 Å². The molecule has 24 bridgehead atoms. The van der Waals surface area contributed by atoms with Gasteiger partial charge in [-0.1, -0.05) is 53.0 Å². The maximum atomic E-state index is 12.7. The number of aryl methyl sites for hydroxylation is 21. The van der Waals surface area contributed by atoms with Crippen LogP contribution in [0.15, 0.2) is 91.0 Å². The van der Waals surface area contributed by atoms with E-state index in [9.17, 15) is 29.7 Å². The summed E-state index contributed by atoms with van der Waals surface area (Å²) in [7, 11) is 11.9. The zero-order chi connectivity index (χ0) is 96.3. The van der Waals surface area contributed by atoms with Crippen molar-refractivity contribution in [1.82, 2.24) is 72.4 Å². The topological polar surface area (TPSA) is 261 Å². The third kappa shape index (κ3) is 18.9. The fourth-order valence-corrected chi connectivity index (χ4v) is 25.6. The zero-order valence-electron chi connectivity index (χ0n) is 80.9. The average molecular weight is 1970 g/mol. The summed E-state index contributed by atoms with van der Waals surface area (Å²) in [6.45, 7) is 14.9. The maximum absolute atomic E-state index is 12.7. The van der Waals surface area contributed by atoms with Crippen LogP contribution in [0.4, 0.5) is 0 Å². The van der Waals surface area contributed by atoms with Gasteiger partial charge in [0.15, 0.2) is 0 Å². The predicted molar refractivity (Wildman–Crippen MR) is 553 cm³/mol. The molecule has 12 heterocycles. The average Bonchev–Trinajstić information content (AvgIpc) is 1.59. The molecule has 6 aliphatic rings. The molecule has 0 spiro atoms. The monoisotopic (exact) mass is 1970 g/mol. The minimum absolute atomic E-state index is 0.295. The van der Waals surface area contributed by atoms with Crippen molar-refractivity contribution in [2.24, 2.45) is 42.3 Å². The fourth-order valence-electron chi connectivity index (χ4n) is 22.3. The van der Waals surface area contributed by atoms with E-state index in [4.69, 9.17) is 79.6 Å². The van der Waals surface area contributed by atoms with E-state index in [1.807, 2.05) is 162 Å². The van der Waals surface area contributed by atoms with E-state index in [1.54, 1.807) is 35.3 Å². The molecular weight excluding hydrogens is 1850 g/mol. The Morgan fingerprint density at radius 2 is 0.594 bits per heavy atom.